The molecule has 0 heterocycles. The summed E-state index contributed by atoms with van der Waals surface area (Å²) in [4.78, 5) is 24.0. The van der Waals surface area contributed by atoms with Gasteiger partial charge in [0.05, 0.1) is 18.1 Å². The number of carbonyl (C=O) groups excluding carboxylic acids is 2. The van der Waals surface area contributed by atoms with Crippen LogP contribution in [0.2, 0.25) is 0 Å². The molecule has 9 nitrogen and oxygen atoms in total. The summed E-state index contributed by atoms with van der Waals surface area (Å²) < 4.78 is 0. The fourth-order valence-electron chi connectivity index (χ4n) is 2.65. The number of aromatic hydroxyl groups is 1. The molecule has 28 heavy (non-hydrogen) atoms. The van der Waals surface area contributed by atoms with E-state index in [0.717, 1.165) is 5.56 Å². The van der Waals surface area contributed by atoms with E-state index < -0.39 is 36.6 Å². The summed E-state index contributed by atoms with van der Waals surface area (Å²) in [5, 5.41) is 46.3. The lowest BCUT2D eigenvalue weighted by molar-refractivity contribution is -0.130. The first-order valence-corrected chi connectivity index (χ1v) is 9.17. The Balaban J connectivity index is 2.89. The molecule has 0 fully saturated rings. The molecule has 0 aromatic heterocycles. The summed E-state index contributed by atoms with van der Waals surface area (Å²) in [6.07, 6.45) is -2.68. The number of hydrogen-bond acceptors (Lipinski definition) is 7. The number of carbonyl (C=O) groups is 2. The van der Waals surface area contributed by atoms with Gasteiger partial charge in [-0.05, 0) is 37.0 Å². The fourth-order valence-corrected chi connectivity index (χ4v) is 2.65. The van der Waals surface area contributed by atoms with Gasteiger partial charge in [-0.25, -0.2) is 0 Å². The minimum Gasteiger partial charge on any atom is -0.508 e. The highest BCUT2D eigenvalue weighted by Crippen LogP contribution is 2.13. The summed E-state index contributed by atoms with van der Waals surface area (Å²) in [5.41, 5.74) is 0.778. The van der Waals surface area contributed by atoms with E-state index in [1.165, 1.54) is 26.0 Å². The highest BCUT2D eigenvalue weighted by atomic mass is 16.5. The van der Waals surface area contributed by atoms with Gasteiger partial charge < -0.3 is 31.1 Å². The molecule has 158 valence electrons. The Morgan fingerprint density at radius 3 is 2.04 bits per heavy atom. The monoisotopic (exact) mass is 397 g/mol. The van der Waals surface area contributed by atoms with E-state index in [2.05, 4.69) is 16.0 Å². The van der Waals surface area contributed by atoms with E-state index >= 15 is 0 Å². The lowest BCUT2D eigenvalue weighted by Crippen LogP contribution is -2.59. The van der Waals surface area contributed by atoms with Crippen molar-refractivity contribution in [3.05, 3.63) is 29.8 Å². The van der Waals surface area contributed by atoms with E-state index in [1.807, 2.05) is 0 Å². The average Bonchev–Trinajstić information content (AvgIpc) is 2.59. The smallest absolute Gasteiger partial charge is 0.237 e. The molecule has 0 aliphatic heterocycles. The molecular weight excluding hydrogens is 366 g/mol. The van der Waals surface area contributed by atoms with E-state index in [-0.39, 0.29) is 24.0 Å². The quantitative estimate of drug-likeness (QED) is 0.255. The van der Waals surface area contributed by atoms with Crippen LogP contribution in [-0.2, 0) is 16.0 Å². The number of amides is 2. The van der Waals surface area contributed by atoms with Crippen molar-refractivity contribution >= 4 is 11.8 Å². The molecular formula is C19H31N3O6. The molecule has 1 aromatic rings. The van der Waals surface area contributed by atoms with Crippen molar-refractivity contribution in [2.75, 3.05) is 0 Å². The van der Waals surface area contributed by atoms with Crippen molar-refractivity contribution in [1.82, 2.24) is 16.0 Å². The number of phenols is 1. The number of rotatable bonds is 10. The maximum Gasteiger partial charge on any atom is 0.237 e. The van der Waals surface area contributed by atoms with Crippen molar-refractivity contribution in [2.45, 2.75) is 64.8 Å². The lowest BCUT2D eigenvalue weighted by Gasteiger charge is -2.31. The maximum absolute atomic E-state index is 12.5. The number of aliphatic hydroxyl groups is 3. The Bertz CT molecular complexity index is 635. The molecule has 2 amide bonds. The van der Waals surface area contributed by atoms with Gasteiger partial charge in [0.2, 0.25) is 11.8 Å². The number of benzene rings is 1. The van der Waals surface area contributed by atoms with Crippen LogP contribution in [0.1, 0.15) is 33.3 Å². The largest absolute Gasteiger partial charge is 0.508 e. The Morgan fingerprint density at radius 1 is 1.00 bits per heavy atom. The summed E-state index contributed by atoms with van der Waals surface area (Å²) in [7, 11) is 0. The van der Waals surface area contributed by atoms with Gasteiger partial charge in [0.1, 0.15) is 12.0 Å². The van der Waals surface area contributed by atoms with Crippen LogP contribution in [0.15, 0.2) is 24.3 Å². The molecule has 0 aliphatic carbocycles. The normalized spacial score (nSPS) is 15.8. The van der Waals surface area contributed by atoms with Crippen LogP contribution in [-0.4, -0.2) is 62.9 Å². The van der Waals surface area contributed by atoms with Gasteiger partial charge in [-0.1, -0.05) is 26.0 Å². The first-order valence-electron chi connectivity index (χ1n) is 9.17. The minimum atomic E-state index is -1.71. The molecule has 9 heteroatoms. The first-order chi connectivity index (χ1) is 13.0. The van der Waals surface area contributed by atoms with Gasteiger partial charge in [-0.15, -0.1) is 0 Å². The molecule has 7 N–H and O–H groups in total. The maximum atomic E-state index is 12.5. The van der Waals surface area contributed by atoms with Crippen molar-refractivity contribution in [2.24, 2.45) is 5.92 Å². The highest BCUT2D eigenvalue weighted by Gasteiger charge is 2.30. The minimum absolute atomic E-state index is 0.107. The van der Waals surface area contributed by atoms with Gasteiger partial charge in [0.15, 0.2) is 6.29 Å². The number of phenolic OH excluding ortho intramolecular Hbond substituents is 1. The molecule has 1 aromatic carbocycles. The topological polar surface area (TPSA) is 151 Å². The second-order valence-corrected chi connectivity index (χ2v) is 7.22. The molecule has 4 unspecified atom stereocenters. The molecule has 4 atom stereocenters. The summed E-state index contributed by atoms with van der Waals surface area (Å²) in [5.74, 6) is -0.951. The van der Waals surface area contributed by atoms with Gasteiger partial charge in [-0.2, -0.15) is 0 Å². The van der Waals surface area contributed by atoms with Crippen molar-refractivity contribution in [1.29, 1.82) is 0 Å². The molecule has 0 spiro atoms. The molecule has 1 rings (SSSR count). The Kier molecular flexibility index (Phi) is 9.33. The van der Waals surface area contributed by atoms with E-state index in [0.29, 0.717) is 0 Å². The zero-order chi connectivity index (χ0) is 21.4. The molecule has 0 bridgehead atoms. The summed E-state index contributed by atoms with van der Waals surface area (Å²) in [6, 6.07) is 3.93. The molecule has 0 saturated carbocycles. The van der Waals surface area contributed by atoms with E-state index in [1.54, 1.807) is 26.0 Å². The Morgan fingerprint density at radius 2 is 1.57 bits per heavy atom. The average molecular weight is 397 g/mol. The zero-order valence-electron chi connectivity index (χ0n) is 16.6. The van der Waals surface area contributed by atoms with Crippen molar-refractivity contribution in [3.8, 4) is 5.75 Å². The number of aliphatic hydroxyl groups excluding tert-OH is 2. The SMILES string of the molecule is CC(=O)NC(Cc1ccc(O)cc1)C(O)NC(C(=O)NC(C)C(O)O)C(C)C. The van der Waals surface area contributed by atoms with E-state index in [9.17, 15) is 19.8 Å². The van der Waals surface area contributed by atoms with Crippen LogP contribution < -0.4 is 16.0 Å². The van der Waals surface area contributed by atoms with Crippen LogP contribution >= 0.6 is 0 Å². The lowest BCUT2D eigenvalue weighted by atomic mass is 10.00. The van der Waals surface area contributed by atoms with Crippen LogP contribution in [0.3, 0.4) is 0 Å². The Labute approximate surface area is 164 Å². The third-order valence-electron chi connectivity index (χ3n) is 4.28. The highest BCUT2D eigenvalue weighted by molar-refractivity contribution is 5.82. The van der Waals surface area contributed by atoms with Crippen molar-refractivity contribution in [3.63, 3.8) is 0 Å². The summed E-state index contributed by atoms with van der Waals surface area (Å²) >= 11 is 0. The first kappa shape index (κ1) is 23.8. The molecule has 0 saturated heterocycles. The van der Waals surface area contributed by atoms with E-state index in [4.69, 9.17) is 10.2 Å². The molecule has 0 radical (unpaired) electrons. The summed E-state index contributed by atoms with van der Waals surface area (Å²) in [6.45, 7) is 6.32. The predicted octanol–water partition coefficient (Wildman–Crippen LogP) is -0.813. The van der Waals surface area contributed by atoms with Crippen LogP contribution in [0.25, 0.3) is 0 Å². The second kappa shape index (κ2) is 11.0. The van der Waals surface area contributed by atoms with Gasteiger partial charge in [-0.3, -0.25) is 14.9 Å². The van der Waals surface area contributed by atoms with Gasteiger partial charge in [0.25, 0.3) is 0 Å². The second-order valence-electron chi connectivity index (χ2n) is 7.22. The van der Waals surface area contributed by atoms with Gasteiger partial charge >= 0.3 is 0 Å². The Hall–Kier alpha value is -2.20. The molecule has 0 aliphatic rings. The number of hydrogen-bond donors (Lipinski definition) is 7. The predicted molar refractivity (Wildman–Crippen MR) is 103 cm³/mol. The van der Waals surface area contributed by atoms with Crippen LogP contribution in [0, 0.1) is 5.92 Å². The van der Waals surface area contributed by atoms with Crippen LogP contribution in [0.5, 0.6) is 5.75 Å². The third kappa shape index (κ3) is 7.81. The zero-order valence-corrected chi connectivity index (χ0v) is 16.6. The van der Waals surface area contributed by atoms with Crippen LogP contribution in [0.4, 0.5) is 0 Å². The fraction of sp³-hybridized carbons (Fsp3) is 0.579. The van der Waals surface area contributed by atoms with Crippen molar-refractivity contribution < 1.29 is 30.0 Å². The standard InChI is InChI=1S/C19H31N3O6/c1-10(2)16(18(26)20-11(3)19(27)28)22-17(25)15(21-12(4)23)9-13-5-7-14(24)8-6-13/h5-8,10-11,15-17,19,22,24-25,27-28H,9H2,1-4H3,(H,20,26)(H,21,23). The number of nitrogens with one attached hydrogen (secondary N) is 3. The van der Waals surface area contributed by atoms with Gasteiger partial charge in [0, 0.05) is 6.92 Å². The third-order valence-corrected chi connectivity index (χ3v) is 4.28.